The van der Waals surface area contributed by atoms with Gasteiger partial charge < -0.3 is 25.4 Å². The summed E-state index contributed by atoms with van der Waals surface area (Å²) in [5, 5.41) is 17.4. The predicted octanol–water partition coefficient (Wildman–Crippen LogP) is -0.0335. The highest BCUT2D eigenvalue weighted by Gasteiger charge is 2.25. The first-order chi connectivity index (χ1) is 12.0. The first-order valence-electron chi connectivity index (χ1n) is 9.72. The number of hydrogen-bond acceptors (Lipinski definition) is 5. The Balaban J connectivity index is 1.78. The number of ether oxygens (including phenoxy) is 1. The molecule has 7 heteroatoms. The molecule has 2 aliphatic heterocycles. The number of β-amino-alcohol motifs (C(OH)–C–C–N with tert-alkyl or cyclic N) is 1. The van der Waals surface area contributed by atoms with Gasteiger partial charge in [0, 0.05) is 32.7 Å². The van der Waals surface area contributed by atoms with Gasteiger partial charge in [0.25, 0.3) is 0 Å². The van der Waals surface area contributed by atoms with Gasteiger partial charge in [0.1, 0.15) is 0 Å². The largest absolute Gasteiger partial charge is 0.387 e. The lowest BCUT2D eigenvalue weighted by molar-refractivity contribution is -0.0180. The lowest BCUT2D eigenvalue weighted by Gasteiger charge is -2.33. The molecule has 0 aromatic rings. The minimum atomic E-state index is -0.826. The summed E-state index contributed by atoms with van der Waals surface area (Å²) in [5.41, 5.74) is -0.826. The molecule has 0 saturated carbocycles. The predicted molar refractivity (Wildman–Crippen MR) is 102 cm³/mol. The van der Waals surface area contributed by atoms with Gasteiger partial charge in [-0.1, -0.05) is 0 Å². The Morgan fingerprint density at radius 2 is 1.88 bits per heavy atom. The van der Waals surface area contributed by atoms with Crippen molar-refractivity contribution >= 4 is 5.96 Å². The maximum absolute atomic E-state index is 10.7. The Morgan fingerprint density at radius 1 is 1.20 bits per heavy atom. The van der Waals surface area contributed by atoms with Gasteiger partial charge >= 0.3 is 0 Å². The smallest absolute Gasteiger partial charge is 0.191 e. The zero-order valence-corrected chi connectivity index (χ0v) is 16.3. The fourth-order valence-electron chi connectivity index (χ4n) is 3.39. The molecule has 0 aromatic carbocycles. The molecule has 0 aliphatic carbocycles. The molecule has 0 amide bonds. The zero-order chi connectivity index (χ0) is 18.1. The third-order valence-electron chi connectivity index (χ3n) is 4.99. The Labute approximate surface area is 152 Å². The van der Waals surface area contributed by atoms with E-state index in [9.17, 15) is 5.11 Å². The SMILES string of the molecule is CCNC(=NCC(C)(O)CN1CCOCC1)NCC1CCN(C)CC1. The van der Waals surface area contributed by atoms with Crippen LogP contribution in [0, 0.1) is 5.92 Å². The van der Waals surface area contributed by atoms with Crippen LogP contribution < -0.4 is 10.6 Å². The van der Waals surface area contributed by atoms with E-state index < -0.39 is 5.60 Å². The third kappa shape index (κ3) is 7.90. The third-order valence-corrected chi connectivity index (χ3v) is 4.99. The molecule has 0 bridgehead atoms. The molecular formula is C18H37N5O2. The maximum atomic E-state index is 10.7. The summed E-state index contributed by atoms with van der Waals surface area (Å²) in [6, 6.07) is 0. The maximum Gasteiger partial charge on any atom is 0.191 e. The Morgan fingerprint density at radius 3 is 2.52 bits per heavy atom. The summed E-state index contributed by atoms with van der Waals surface area (Å²) in [6.45, 7) is 12.4. The van der Waals surface area contributed by atoms with Crippen LogP contribution in [-0.4, -0.2) is 99.1 Å². The lowest BCUT2D eigenvalue weighted by atomic mass is 9.97. The number of aliphatic imine (C=N–C) groups is 1. The van der Waals surface area contributed by atoms with Gasteiger partial charge in [-0.15, -0.1) is 0 Å². The van der Waals surface area contributed by atoms with Crippen molar-refractivity contribution in [2.75, 3.05) is 72.6 Å². The quantitative estimate of drug-likeness (QED) is 0.440. The van der Waals surface area contributed by atoms with Gasteiger partial charge in [-0.3, -0.25) is 9.89 Å². The molecule has 2 saturated heterocycles. The number of nitrogens with zero attached hydrogens (tertiary/aromatic N) is 3. The van der Waals surface area contributed by atoms with Crippen molar-refractivity contribution < 1.29 is 9.84 Å². The average molecular weight is 356 g/mol. The summed E-state index contributed by atoms with van der Waals surface area (Å²) >= 11 is 0. The Kier molecular flexibility index (Phi) is 8.42. The van der Waals surface area contributed by atoms with Crippen LogP contribution in [0.15, 0.2) is 4.99 Å². The van der Waals surface area contributed by atoms with Crippen molar-refractivity contribution in [2.45, 2.75) is 32.3 Å². The second-order valence-electron chi connectivity index (χ2n) is 7.71. The van der Waals surface area contributed by atoms with Crippen molar-refractivity contribution in [3.05, 3.63) is 0 Å². The van der Waals surface area contributed by atoms with Gasteiger partial charge in [0.2, 0.25) is 0 Å². The summed E-state index contributed by atoms with van der Waals surface area (Å²) in [7, 11) is 2.19. The first-order valence-corrected chi connectivity index (χ1v) is 9.72. The van der Waals surface area contributed by atoms with Crippen LogP contribution in [-0.2, 0) is 4.74 Å². The topological polar surface area (TPSA) is 72.4 Å². The molecule has 0 spiro atoms. The molecule has 25 heavy (non-hydrogen) atoms. The van der Waals surface area contributed by atoms with Crippen molar-refractivity contribution in [3.63, 3.8) is 0 Å². The summed E-state index contributed by atoms with van der Waals surface area (Å²) in [6.07, 6.45) is 2.47. The van der Waals surface area contributed by atoms with Crippen LogP contribution in [0.2, 0.25) is 0 Å². The normalized spacial score (nSPS) is 24.1. The average Bonchev–Trinajstić information content (AvgIpc) is 2.59. The fraction of sp³-hybridized carbons (Fsp3) is 0.944. The summed E-state index contributed by atoms with van der Waals surface area (Å²) < 4.78 is 5.37. The van der Waals surface area contributed by atoms with Crippen LogP contribution in [0.25, 0.3) is 0 Å². The van der Waals surface area contributed by atoms with Gasteiger partial charge in [-0.25, -0.2) is 0 Å². The number of nitrogens with one attached hydrogen (secondary N) is 2. The number of aliphatic hydroxyl groups is 1. The number of morpholine rings is 1. The van der Waals surface area contributed by atoms with Crippen LogP contribution in [0.4, 0.5) is 0 Å². The van der Waals surface area contributed by atoms with E-state index in [-0.39, 0.29) is 0 Å². The number of rotatable bonds is 7. The van der Waals surface area contributed by atoms with E-state index in [2.05, 4.69) is 39.4 Å². The standard InChI is InChI=1S/C18H37N5O2/c1-4-19-17(20-13-16-5-7-22(3)8-6-16)21-14-18(2,24)15-23-9-11-25-12-10-23/h16,24H,4-15H2,1-3H3,(H2,19,20,21). The summed E-state index contributed by atoms with van der Waals surface area (Å²) in [4.78, 5) is 9.26. The first kappa shape index (κ1) is 20.4. The van der Waals surface area contributed by atoms with Gasteiger partial charge in [-0.2, -0.15) is 0 Å². The van der Waals surface area contributed by atoms with Crippen LogP contribution >= 0.6 is 0 Å². The molecule has 0 aromatic heterocycles. The van der Waals surface area contributed by atoms with Crippen LogP contribution in [0.5, 0.6) is 0 Å². The molecule has 2 rings (SSSR count). The fourth-order valence-corrected chi connectivity index (χ4v) is 3.39. The van der Waals surface area contributed by atoms with Gasteiger partial charge in [0.05, 0.1) is 25.4 Å². The summed E-state index contributed by atoms with van der Waals surface area (Å²) in [5.74, 6) is 1.51. The minimum Gasteiger partial charge on any atom is -0.387 e. The van der Waals surface area contributed by atoms with Crippen LogP contribution in [0.3, 0.4) is 0 Å². The zero-order valence-electron chi connectivity index (χ0n) is 16.3. The molecule has 0 radical (unpaired) electrons. The Bertz CT molecular complexity index is 402. The second kappa shape index (κ2) is 10.3. The minimum absolute atomic E-state index is 0.396. The van der Waals surface area contributed by atoms with Crippen LogP contribution in [0.1, 0.15) is 26.7 Å². The molecule has 146 valence electrons. The molecule has 7 nitrogen and oxygen atoms in total. The molecule has 1 atom stereocenters. The molecular weight excluding hydrogens is 318 g/mol. The van der Waals surface area contributed by atoms with E-state index in [1.807, 2.05) is 6.92 Å². The van der Waals surface area contributed by atoms with Crippen molar-refractivity contribution in [1.82, 2.24) is 20.4 Å². The van der Waals surface area contributed by atoms with Crippen molar-refractivity contribution in [3.8, 4) is 0 Å². The highest BCUT2D eigenvalue weighted by Crippen LogP contribution is 2.14. The van der Waals surface area contributed by atoms with E-state index >= 15 is 0 Å². The van der Waals surface area contributed by atoms with Crippen molar-refractivity contribution in [2.24, 2.45) is 10.9 Å². The Hall–Kier alpha value is -0.890. The highest BCUT2D eigenvalue weighted by atomic mass is 16.5. The highest BCUT2D eigenvalue weighted by molar-refractivity contribution is 5.79. The van der Waals surface area contributed by atoms with E-state index in [0.717, 1.165) is 45.4 Å². The number of hydrogen-bond donors (Lipinski definition) is 3. The van der Waals surface area contributed by atoms with Crippen molar-refractivity contribution in [1.29, 1.82) is 0 Å². The van der Waals surface area contributed by atoms with E-state index in [4.69, 9.17) is 4.74 Å². The number of likely N-dealkylation sites (tertiary alicyclic amines) is 1. The number of piperidine rings is 1. The van der Waals surface area contributed by atoms with Gasteiger partial charge in [0.15, 0.2) is 5.96 Å². The van der Waals surface area contributed by atoms with E-state index in [1.165, 1.54) is 25.9 Å². The van der Waals surface area contributed by atoms with Gasteiger partial charge in [-0.05, 0) is 52.7 Å². The number of guanidine groups is 1. The van der Waals surface area contributed by atoms with E-state index in [1.54, 1.807) is 0 Å². The second-order valence-corrected chi connectivity index (χ2v) is 7.71. The molecule has 2 aliphatic rings. The molecule has 2 fully saturated rings. The molecule has 1 unspecified atom stereocenters. The molecule has 2 heterocycles. The monoisotopic (exact) mass is 355 g/mol. The lowest BCUT2D eigenvalue weighted by Crippen LogP contribution is -2.48. The molecule has 3 N–H and O–H groups in total. The van der Waals surface area contributed by atoms with E-state index in [0.29, 0.717) is 19.0 Å².